The van der Waals surface area contributed by atoms with E-state index in [1.807, 2.05) is 41.3 Å². The van der Waals surface area contributed by atoms with E-state index in [-0.39, 0.29) is 35.2 Å². The predicted octanol–water partition coefficient (Wildman–Crippen LogP) is 3.56. The van der Waals surface area contributed by atoms with Crippen molar-refractivity contribution in [2.75, 3.05) is 39.5 Å². The number of ether oxygens (including phenoxy) is 2. The van der Waals surface area contributed by atoms with Crippen LogP contribution in [0.3, 0.4) is 0 Å². The van der Waals surface area contributed by atoms with E-state index in [1.165, 1.54) is 5.56 Å². The third-order valence-corrected chi connectivity index (χ3v) is 8.16. The zero-order valence-electron chi connectivity index (χ0n) is 19.7. The molecule has 3 fully saturated rings. The molecule has 2 aliphatic heterocycles. The SMILES string of the molecule is O=C(NCC1(c2ccccc2)CCOCC1)[C@@H]1CC12CCN(C(=O)COc1ccccc1)CC2. The third-order valence-electron chi connectivity index (χ3n) is 8.16. The van der Waals surface area contributed by atoms with E-state index in [9.17, 15) is 9.59 Å². The number of carbonyl (C=O) groups excluding carboxylic acids is 2. The van der Waals surface area contributed by atoms with Gasteiger partial charge < -0.3 is 19.7 Å². The lowest BCUT2D eigenvalue weighted by Gasteiger charge is -2.38. The van der Waals surface area contributed by atoms with Crippen LogP contribution in [0.4, 0.5) is 0 Å². The molecule has 2 aromatic carbocycles. The first kappa shape index (κ1) is 22.9. The number of piperidine rings is 1. The minimum Gasteiger partial charge on any atom is -0.484 e. The molecule has 1 saturated carbocycles. The summed E-state index contributed by atoms with van der Waals surface area (Å²) in [6.07, 6.45) is 4.56. The molecule has 5 rings (SSSR count). The Bertz CT molecular complexity index is 980. The Morgan fingerprint density at radius 1 is 0.941 bits per heavy atom. The van der Waals surface area contributed by atoms with Crippen molar-refractivity contribution < 1.29 is 19.1 Å². The van der Waals surface area contributed by atoms with Gasteiger partial charge in [0, 0.05) is 44.2 Å². The molecular formula is C28H34N2O4. The number of hydrogen-bond donors (Lipinski definition) is 1. The molecule has 6 nitrogen and oxygen atoms in total. The highest BCUT2D eigenvalue weighted by Crippen LogP contribution is 2.59. The van der Waals surface area contributed by atoms with Crippen molar-refractivity contribution in [3.63, 3.8) is 0 Å². The van der Waals surface area contributed by atoms with E-state index in [2.05, 4.69) is 29.6 Å². The minimum absolute atomic E-state index is 0.0182. The summed E-state index contributed by atoms with van der Waals surface area (Å²) < 4.78 is 11.2. The van der Waals surface area contributed by atoms with Crippen molar-refractivity contribution >= 4 is 11.8 Å². The van der Waals surface area contributed by atoms with Crippen LogP contribution in [0, 0.1) is 11.3 Å². The molecule has 0 aromatic heterocycles. The molecule has 2 heterocycles. The number of nitrogens with zero attached hydrogens (tertiary/aromatic N) is 1. The van der Waals surface area contributed by atoms with Crippen molar-refractivity contribution in [2.24, 2.45) is 11.3 Å². The van der Waals surface area contributed by atoms with Crippen LogP contribution in [-0.4, -0.2) is 56.2 Å². The first-order valence-electron chi connectivity index (χ1n) is 12.5. The largest absolute Gasteiger partial charge is 0.484 e. The quantitative estimate of drug-likeness (QED) is 0.683. The zero-order valence-corrected chi connectivity index (χ0v) is 19.7. The molecule has 1 N–H and O–H groups in total. The summed E-state index contributed by atoms with van der Waals surface area (Å²) in [6.45, 7) is 3.59. The Labute approximate surface area is 201 Å². The van der Waals surface area contributed by atoms with Gasteiger partial charge in [0.25, 0.3) is 5.91 Å². The van der Waals surface area contributed by atoms with Crippen molar-refractivity contribution in [1.29, 1.82) is 0 Å². The lowest BCUT2D eigenvalue weighted by Crippen LogP contribution is -2.46. The second kappa shape index (κ2) is 9.79. The van der Waals surface area contributed by atoms with E-state index in [0.29, 0.717) is 25.4 Å². The van der Waals surface area contributed by atoms with Crippen molar-refractivity contribution in [3.8, 4) is 5.75 Å². The Balaban J connectivity index is 1.11. The van der Waals surface area contributed by atoms with E-state index in [4.69, 9.17) is 9.47 Å². The molecule has 1 aliphatic carbocycles. The van der Waals surface area contributed by atoms with Crippen LogP contribution in [0.25, 0.3) is 0 Å². The Kier molecular flexibility index (Phi) is 6.59. The summed E-state index contributed by atoms with van der Waals surface area (Å²) >= 11 is 0. The number of carbonyl (C=O) groups is 2. The number of hydrogen-bond acceptors (Lipinski definition) is 4. The van der Waals surface area contributed by atoms with Gasteiger partial charge in [-0.1, -0.05) is 48.5 Å². The fourth-order valence-corrected chi connectivity index (χ4v) is 5.73. The van der Waals surface area contributed by atoms with Gasteiger partial charge in [-0.25, -0.2) is 0 Å². The van der Waals surface area contributed by atoms with E-state index < -0.39 is 0 Å². The fraction of sp³-hybridized carbons (Fsp3) is 0.500. The smallest absolute Gasteiger partial charge is 0.260 e. The summed E-state index contributed by atoms with van der Waals surface area (Å²) in [7, 11) is 0. The average Bonchev–Trinajstić information content (AvgIpc) is 3.61. The van der Waals surface area contributed by atoms with Gasteiger partial charge in [0.15, 0.2) is 6.61 Å². The molecule has 2 saturated heterocycles. The van der Waals surface area contributed by atoms with E-state index in [0.717, 1.165) is 45.3 Å². The minimum atomic E-state index is -0.0498. The van der Waals surface area contributed by atoms with Crippen LogP contribution in [0.5, 0.6) is 5.75 Å². The van der Waals surface area contributed by atoms with Gasteiger partial charge in [-0.05, 0) is 55.2 Å². The Morgan fingerprint density at radius 2 is 1.59 bits per heavy atom. The number of likely N-dealkylation sites (tertiary alicyclic amines) is 1. The molecule has 6 heteroatoms. The average molecular weight is 463 g/mol. The zero-order chi connectivity index (χ0) is 23.4. The monoisotopic (exact) mass is 462 g/mol. The van der Waals surface area contributed by atoms with Crippen LogP contribution < -0.4 is 10.1 Å². The highest BCUT2D eigenvalue weighted by atomic mass is 16.5. The molecule has 3 aliphatic rings. The lowest BCUT2D eigenvalue weighted by atomic mass is 9.74. The topological polar surface area (TPSA) is 67.9 Å². The van der Waals surface area contributed by atoms with Crippen molar-refractivity contribution in [2.45, 2.75) is 37.5 Å². The second-order valence-electron chi connectivity index (χ2n) is 10.1. The number of para-hydroxylation sites is 1. The summed E-state index contributed by atoms with van der Waals surface area (Å²) in [5, 5.41) is 3.30. The van der Waals surface area contributed by atoms with Crippen LogP contribution in [0.15, 0.2) is 60.7 Å². The van der Waals surface area contributed by atoms with Gasteiger partial charge in [-0.15, -0.1) is 0 Å². The van der Waals surface area contributed by atoms with Crippen molar-refractivity contribution in [1.82, 2.24) is 10.2 Å². The van der Waals surface area contributed by atoms with Gasteiger partial charge in [0.05, 0.1) is 0 Å². The van der Waals surface area contributed by atoms with Crippen LogP contribution >= 0.6 is 0 Å². The summed E-state index contributed by atoms with van der Waals surface area (Å²) in [6, 6.07) is 19.9. The predicted molar refractivity (Wildman–Crippen MR) is 129 cm³/mol. The Morgan fingerprint density at radius 3 is 2.26 bits per heavy atom. The molecule has 1 atom stereocenters. The van der Waals surface area contributed by atoms with Gasteiger partial charge in [-0.3, -0.25) is 9.59 Å². The number of rotatable bonds is 7. The normalized spacial score (nSPS) is 22.7. The summed E-state index contributed by atoms with van der Waals surface area (Å²) in [4.78, 5) is 27.6. The second-order valence-corrected chi connectivity index (χ2v) is 10.1. The Hall–Kier alpha value is -2.86. The van der Waals surface area contributed by atoms with Gasteiger partial charge in [-0.2, -0.15) is 0 Å². The molecule has 2 aromatic rings. The number of nitrogens with one attached hydrogen (secondary N) is 1. The van der Waals surface area contributed by atoms with E-state index in [1.54, 1.807) is 0 Å². The first-order valence-corrected chi connectivity index (χ1v) is 12.5. The maximum Gasteiger partial charge on any atom is 0.260 e. The molecule has 180 valence electrons. The van der Waals surface area contributed by atoms with Gasteiger partial charge in [0.2, 0.25) is 5.91 Å². The molecule has 0 bridgehead atoms. The highest BCUT2D eigenvalue weighted by Gasteiger charge is 2.58. The van der Waals surface area contributed by atoms with Crippen LogP contribution in [0.1, 0.15) is 37.7 Å². The maximum absolute atomic E-state index is 13.1. The van der Waals surface area contributed by atoms with Gasteiger partial charge in [0.1, 0.15) is 5.75 Å². The maximum atomic E-state index is 13.1. The highest BCUT2D eigenvalue weighted by molar-refractivity contribution is 5.83. The molecular weight excluding hydrogens is 428 g/mol. The first-order chi connectivity index (χ1) is 16.6. The van der Waals surface area contributed by atoms with Gasteiger partial charge >= 0.3 is 0 Å². The number of amides is 2. The number of benzene rings is 2. The van der Waals surface area contributed by atoms with Crippen LogP contribution in [0.2, 0.25) is 0 Å². The standard InChI is InChI=1S/C28H34N2O4/c31-25(20-34-23-9-5-2-6-10-23)30-15-11-27(12-16-30)19-24(27)26(32)29-21-28(13-17-33-18-14-28)22-7-3-1-4-8-22/h1-10,24H,11-21H2,(H,29,32)/t24-/m0/s1. The van der Waals surface area contributed by atoms with Crippen molar-refractivity contribution in [3.05, 3.63) is 66.2 Å². The lowest BCUT2D eigenvalue weighted by molar-refractivity contribution is -0.135. The molecule has 0 radical (unpaired) electrons. The molecule has 0 unspecified atom stereocenters. The molecule has 34 heavy (non-hydrogen) atoms. The molecule has 2 amide bonds. The summed E-state index contributed by atoms with van der Waals surface area (Å²) in [5.41, 5.74) is 1.30. The summed E-state index contributed by atoms with van der Waals surface area (Å²) in [5.74, 6) is 0.970. The fourth-order valence-electron chi connectivity index (χ4n) is 5.73. The van der Waals surface area contributed by atoms with Crippen LogP contribution in [-0.2, 0) is 19.7 Å². The third kappa shape index (κ3) is 4.83. The molecule has 1 spiro atoms. The van der Waals surface area contributed by atoms with E-state index >= 15 is 0 Å².